The van der Waals surface area contributed by atoms with E-state index >= 15 is 0 Å². The number of hydrogen-bond acceptors (Lipinski definition) is 2. The maximum absolute atomic E-state index is 6.47. The van der Waals surface area contributed by atoms with Crippen LogP contribution in [0.5, 0.6) is 0 Å². The summed E-state index contributed by atoms with van der Waals surface area (Å²) in [5.41, 5.74) is 0.759. The molecule has 0 atom stereocenters. The Bertz CT molecular complexity index is 262. The average Bonchev–Trinajstić information content (AvgIpc) is 2.77. The third-order valence-electron chi connectivity index (χ3n) is 5.55. The van der Waals surface area contributed by atoms with E-state index in [9.17, 15) is 0 Å². The molecule has 0 bridgehead atoms. The topological polar surface area (TPSA) is 18.5 Å². The van der Waals surface area contributed by atoms with Gasteiger partial charge in [0.2, 0.25) is 0 Å². The van der Waals surface area contributed by atoms with Crippen LogP contribution >= 0.6 is 0 Å². The van der Waals surface area contributed by atoms with Gasteiger partial charge in [-0.15, -0.1) is 0 Å². The Morgan fingerprint density at radius 3 is 1.71 bits per heavy atom. The highest BCUT2D eigenvalue weighted by atomic mass is 28.4. The molecule has 2 rings (SSSR count). The molecule has 124 valence electrons. The van der Waals surface area contributed by atoms with Gasteiger partial charge in [-0.1, -0.05) is 57.8 Å². The van der Waals surface area contributed by atoms with Crippen molar-refractivity contribution in [2.45, 2.75) is 96.1 Å². The summed E-state index contributed by atoms with van der Waals surface area (Å²) < 4.78 is 12.9. The molecule has 0 spiro atoms. The first-order valence-electron chi connectivity index (χ1n) is 9.58. The molecule has 2 aliphatic carbocycles. The SMILES string of the molecule is CCO[Si](CC1CCCCCC1)(OCC)C1CCCCC1. The lowest BCUT2D eigenvalue weighted by Crippen LogP contribution is -2.49. The molecule has 0 aromatic heterocycles. The molecule has 2 saturated carbocycles. The maximum atomic E-state index is 6.47. The van der Waals surface area contributed by atoms with Crippen molar-refractivity contribution in [1.29, 1.82) is 0 Å². The van der Waals surface area contributed by atoms with Gasteiger partial charge in [0.25, 0.3) is 0 Å². The normalized spacial score (nSPS) is 23.1. The van der Waals surface area contributed by atoms with E-state index in [-0.39, 0.29) is 0 Å². The van der Waals surface area contributed by atoms with Crippen molar-refractivity contribution in [3.05, 3.63) is 0 Å². The van der Waals surface area contributed by atoms with Crippen LogP contribution in [0.4, 0.5) is 0 Å². The summed E-state index contributed by atoms with van der Waals surface area (Å²) >= 11 is 0. The highest BCUT2D eigenvalue weighted by molar-refractivity contribution is 6.69. The van der Waals surface area contributed by atoms with Gasteiger partial charge in [0.15, 0.2) is 0 Å². The molecule has 0 aromatic rings. The molecule has 0 amide bonds. The lowest BCUT2D eigenvalue weighted by molar-refractivity contribution is 0.157. The largest absolute Gasteiger partial charge is 0.394 e. The number of rotatable bonds is 7. The fourth-order valence-electron chi connectivity index (χ4n) is 4.56. The smallest absolute Gasteiger partial charge is 0.341 e. The van der Waals surface area contributed by atoms with E-state index in [1.807, 2.05) is 0 Å². The lowest BCUT2D eigenvalue weighted by Gasteiger charge is -2.40. The zero-order valence-electron chi connectivity index (χ0n) is 14.4. The number of hydrogen-bond donors (Lipinski definition) is 0. The van der Waals surface area contributed by atoms with Crippen molar-refractivity contribution >= 4 is 8.56 Å². The molecule has 0 unspecified atom stereocenters. The van der Waals surface area contributed by atoms with Crippen molar-refractivity contribution < 1.29 is 8.85 Å². The van der Waals surface area contributed by atoms with Gasteiger partial charge in [0, 0.05) is 18.8 Å². The highest BCUT2D eigenvalue weighted by Gasteiger charge is 2.47. The van der Waals surface area contributed by atoms with Crippen LogP contribution in [0, 0.1) is 5.92 Å². The van der Waals surface area contributed by atoms with E-state index < -0.39 is 8.56 Å². The van der Waals surface area contributed by atoms with Gasteiger partial charge < -0.3 is 8.85 Å². The first kappa shape index (κ1) is 17.5. The Morgan fingerprint density at radius 1 is 0.714 bits per heavy atom. The fourth-order valence-corrected chi connectivity index (χ4v) is 9.17. The van der Waals surface area contributed by atoms with Crippen LogP contribution in [-0.2, 0) is 8.85 Å². The zero-order valence-corrected chi connectivity index (χ0v) is 15.4. The van der Waals surface area contributed by atoms with E-state index in [4.69, 9.17) is 8.85 Å². The van der Waals surface area contributed by atoms with Crippen LogP contribution in [0.25, 0.3) is 0 Å². The molecule has 2 fully saturated rings. The minimum atomic E-state index is -2.00. The van der Waals surface area contributed by atoms with Crippen molar-refractivity contribution in [3.63, 3.8) is 0 Å². The molecule has 0 heterocycles. The molecule has 2 nitrogen and oxygen atoms in total. The van der Waals surface area contributed by atoms with Crippen LogP contribution in [0.15, 0.2) is 0 Å². The lowest BCUT2D eigenvalue weighted by atomic mass is 10.0. The second-order valence-electron chi connectivity index (χ2n) is 7.07. The van der Waals surface area contributed by atoms with E-state index in [0.717, 1.165) is 24.7 Å². The van der Waals surface area contributed by atoms with Crippen LogP contribution < -0.4 is 0 Å². The Kier molecular flexibility index (Phi) is 7.76. The quantitative estimate of drug-likeness (QED) is 0.436. The summed E-state index contributed by atoms with van der Waals surface area (Å²) in [5.74, 6) is 0.874. The molecular formula is C18H36O2Si. The first-order valence-corrected chi connectivity index (χ1v) is 11.7. The Hall–Kier alpha value is 0.137. The molecule has 0 aromatic carbocycles. The van der Waals surface area contributed by atoms with Crippen molar-refractivity contribution in [3.8, 4) is 0 Å². The Labute approximate surface area is 133 Å². The van der Waals surface area contributed by atoms with Gasteiger partial charge in [-0.25, -0.2) is 0 Å². The molecule has 21 heavy (non-hydrogen) atoms. The second-order valence-corrected chi connectivity index (χ2v) is 10.5. The van der Waals surface area contributed by atoms with E-state index in [0.29, 0.717) is 0 Å². The van der Waals surface area contributed by atoms with Crippen LogP contribution in [-0.4, -0.2) is 21.8 Å². The summed E-state index contributed by atoms with van der Waals surface area (Å²) in [6, 6.07) is 1.28. The molecule has 2 aliphatic rings. The Balaban J connectivity index is 2.07. The minimum absolute atomic E-state index is 0.759. The minimum Gasteiger partial charge on any atom is -0.394 e. The molecule has 0 N–H and O–H groups in total. The summed E-state index contributed by atoms with van der Waals surface area (Å²) in [6.45, 7) is 6.01. The van der Waals surface area contributed by atoms with Crippen molar-refractivity contribution in [1.82, 2.24) is 0 Å². The Morgan fingerprint density at radius 2 is 1.19 bits per heavy atom. The molecule has 0 radical (unpaired) electrons. The van der Waals surface area contributed by atoms with Crippen LogP contribution in [0.2, 0.25) is 11.6 Å². The van der Waals surface area contributed by atoms with Gasteiger partial charge in [0.1, 0.15) is 0 Å². The van der Waals surface area contributed by atoms with Gasteiger partial charge in [-0.2, -0.15) is 0 Å². The predicted octanol–water partition coefficient (Wildman–Crippen LogP) is 5.81. The van der Waals surface area contributed by atoms with Gasteiger partial charge in [-0.05, 0) is 38.7 Å². The van der Waals surface area contributed by atoms with Crippen molar-refractivity contribution in [2.75, 3.05) is 13.2 Å². The summed E-state index contributed by atoms with van der Waals surface area (Å²) in [4.78, 5) is 0. The molecular weight excluding hydrogens is 276 g/mol. The predicted molar refractivity (Wildman–Crippen MR) is 91.8 cm³/mol. The van der Waals surface area contributed by atoms with E-state index in [1.165, 1.54) is 76.7 Å². The van der Waals surface area contributed by atoms with Crippen LogP contribution in [0.1, 0.15) is 84.5 Å². The molecule has 3 heteroatoms. The van der Waals surface area contributed by atoms with Crippen molar-refractivity contribution in [2.24, 2.45) is 5.92 Å². The van der Waals surface area contributed by atoms with E-state index in [2.05, 4.69) is 13.8 Å². The third-order valence-corrected chi connectivity index (χ3v) is 10.1. The summed E-state index contributed by atoms with van der Waals surface area (Å²) in [6.07, 6.45) is 15.5. The summed E-state index contributed by atoms with van der Waals surface area (Å²) in [5, 5.41) is 0. The molecule has 0 aliphatic heterocycles. The highest BCUT2D eigenvalue weighted by Crippen LogP contribution is 2.43. The van der Waals surface area contributed by atoms with E-state index in [1.54, 1.807) is 0 Å². The summed E-state index contributed by atoms with van der Waals surface area (Å²) in [7, 11) is -2.00. The second kappa shape index (κ2) is 9.31. The fraction of sp³-hybridized carbons (Fsp3) is 1.00. The monoisotopic (exact) mass is 312 g/mol. The van der Waals surface area contributed by atoms with Gasteiger partial charge in [0.05, 0.1) is 0 Å². The van der Waals surface area contributed by atoms with Gasteiger partial charge in [-0.3, -0.25) is 0 Å². The van der Waals surface area contributed by atoms with Crippen LogP contribution in [0.3, 0.4) is 0 Å². The molecule has 0 saturated heterocycles. The standard InChI is InChI=1S/C18H36O2Si/c1-3-19-21(20-4-2,18-14-10-7-11-15-18)16-17-12-8-5-6-9-13-17/h17-18H,3-16H2,1-2H3. The zero-order chi connectivity index (χ0) is 15.0. The average molecular weight is 313 g/mol. The third kappa shape index (κ3) is 5.07. The maximum Gasteiger partial charge on any atom is 0.341 e. The first-order chi connectivity index (χ1) is 10.3. The van der Waals surface area contributed by atoms with Gasteiger partial charge >= 0.3 is 8.56 Å².